The van der Waals surface area contributed by atoms with Crippen molar-refractivity contribution in [3.05, 3.63) is 31.3 Å². The highest BCUT2D eigenvalue weighted by Gasteiger charge is 2.25. The number of ether oxygens (including phenoxy) is 1. The van der Waals surface area contributed by atoms with Crippen molar-refractivity contribution in [2.24, 2.45) is 5.41 Å². The van der Waals surface area contributed by atoms with Gasteiger partial charge >= 0.3 is 11.7 Å². The monoisotopic (exact) mass is 408 g/mol. The standard InChI is InChI=1S/C19H28N4O4S/c1-12-13(10-21-7-6-20-17(21)25)28-16-14(12)15(24)23(11-19(2,3)4)18(26)22(16)8-9-27-5/h6-11H2,1-5H3,(H,20,25). The fraction of sp³-hybridized carbons (Fsp3) is 0.632. The molecule has 2 aromatic rings. The Balaban J connectivity index is 2.19. The van der Waals surface area contributed by atoms with Crippen molar-refractivity contribution in [3.63, 3.8) is 0 Å². The van der Waals surface area contributed by atoms with Crippen molar-refractivity contribution in [3.8, 4) is 0 Å². The lowest BCUT2D eigenvalue weighted by Gasteiger charge is -2.20. The van der Waals surface area contributed by atoms with Gasteiger partial charge in [0, 0.05) is 31.6 Å². The van der Waals surface area contributed by atoms with E-state index in [0.29, 0.717) is 49.5 Å². The molecule has 0 aromatic carbocycles. The molecule has 9 heteroatoms. The molecule has 0 bridgehead atoms. The van der Waals surface area contributed by atoms with Gasteiger partial charge < -0.3 is 15.0 Å². The topological polar surface area (TPSA) is 85.6 Å². The molecule has 1 N–H and O–H groups in total. The molecule has 28 heavy (non-hydrogen) atoms. The van der Waals surface area contributed by atoms with Crippen LogP contribution in [0.2, 0.25) is 0 Å². The zero-order valence-corrected chi connectivity index (χ0v) is 17.9. The van der Waals surface area contributed by atoms with Gasteiger partial charge in [-0.25, -0.2) is 9.59 Å². The first kappa shape index (κ1) is 20.6. The van der Waals surface area contributed by atoms with Gasteiger partial charge in [0.05, 0.1) is 25.1 Å². The number of aromatic nitrogens is 2. The van der Waals surface area contributed by atoms with Crippen LogP contribution in [-0.4, -0.2) is 46.9 Å². The predicted octanol–water partition coefficient (Wildman–Crippen LogP) is 1.75. The molecule has 0 saturated carbocycles. The second-order valence-corrected chi connectivity index (χ2v) is 9.45. The van der Waals surface area contributed by atoms with Gasteiger partial charge in [-0.2, -0.15) is 0 Å². The van der Waals surface area contributed by atoms with Crippen molar-refractivity contribution in [1.29, 1.82) is 0 Å². The van der Waals surface area contributed by atoms with Crippen LogP contribution in [0.1, 0.15) is 31.2 Å². The van der Waals surface area contributed by atoms with Gasteiger partial charge in [0.1, 0.15) is 4.83 Å². The third-order valence-electron chi connectivity index (χ3n) is 4.82. The smallest absolute Gasteiger partial charge is 0.332 e. The summed E-state index contributed by atoms with van der Waals surface area (Å²) in [6.45, 7) is 10.7. The summed E-state index contributed by atoms with van der Waals surface area (Å²) in [5, 5.41) is 3.36. The summed E-state index contributed by atoms with van der Waals surface area (Å²) in [7, 11) is 1.59. The van der Waals surface area contributed by atoms with E-state index in [1.807, 2.05) is 27.7 Å². The van der Waals surface area contributed by atoms with Crippen molar-refractivity contribution in [2.45, 2.75) is 47.3 Å². The van der Waals surface area contributed by atoms with Gasteiger partial charge in [-0.3, -0.25) is 13.9 Å². The molecular formula is C19H28N4O4S. The Morgan fingerprint density at radius 3 is 2.46 bits per heavy atom. The SMILES string of the molecule is COCCn1c(=O)n(CC(C)(C)C)c(=O)c2c(C)c(CN3CCNC3=O)sc21. The maximum atomic E-state index is 13.2. The summed E-state index contributed by atoms with van der Waals surface area (Å²) in [5.41, 5.74) is 0.0695. The molecule has 0 atom stereocenters. The Bertz CT molecular complexity index is 1010. The molecule has 2 aromatic heterocycles. The highest BCUT2D eigenvalue weighted by Crippen LogP contribution is 2.29. The zero-order valence-electron chi connectivity index (χ0n) is 17.1. The minimum Gasteiger partial charge on any atom is -0.383 e. The molecule has 3 heterocycles. The van der Waals surface area contributed by atoms with E-state index >= 15 is 0 Å². The number of amides is 2. The van der Waals surface area contributed by atoms with Crippen molar-refractivity contribution < 1.29 is 9.53 Å². The van der Waals surface area contributed by atoms with Crippen LogP contribution in [0.3, 0.4) is 0 Å². The van der Waals surface area contributed by atoms with Crippen LogP contribution < -0.4 is 16.6 Å². The highest BCUT2D eigenvalue weighted by atomic mass is 32.1. The van der Waals surface area contributed by atoms with Crippen LogP contribution in [0.15, 0.2) is 9.59 Å². The molecule has 3 rings (SSSR count). The van der Waals surface area contributed by atoms with E-state index in [1.165, 1.54) is 15.9 Å². The summed E-state index contributed by atoms with van der Waals surface area (Å²) < 4.78 is 8.15. The number of methoxy groups -OCH3 is 1. The number of hydrogen-bond acceptors (Lipinski definition) is 5. The average Bonchev–Trinajstić information content (AvgIpc) is 3.15. The fourth-order valence-corrected chi connectivity index (χ4v) is 4.75. The third-order valence-corrected chi connectivity index (χ3v) is 6.12. The van der Waals surface area contributed by atoms with Crippen LogP contribution in [0, 0.1) is 12.3 Å². The molecule has 0 aliphatic carbocycles. The van der Waals surface area contributed by atoms with Crippen molar-refractivity contribution >= 4 is 27.6 Å². The second kappa shape index (κ2) is 7.71. The Morgan fingerprint density at radius 1 is 1.18 bits per heavy atom. The van der Waals surface area contributed by atoms with Crippen LogP contribution in [0.5, 0.6) is 0 Å². The van der Waals surface area contributed by atoms with Gasteiger partial charge in [0.25, 0.3) is 5.56 Å². The van der Waals surface area contributed by atoms with E-state index in [4.69, 9.17) is 4.74 Å². The van der Waals surface area contributed by atoms with Gasteiger partial charge in [0.2, 0.25) is 0 Å². The molecular weight excluding hydrogens is 380 g/mol. The molecule has 0 radical (unpaired) electrons. The van der Waals surface area contributed by atoms with Crippen LogP contribution in [0.4, 0.5) is 4.79 Å². The van der Waals surface area contributed by atoms with Gasteiger partial charge in [-0.15, -0.1) is 11.3 Å². The quantitative estimate of drug-likeness (QED) is 0.789. The maximum absolute atomic E-state index is 13.2. The Hall–Kier alpha value is -2.13. The number of hydrogen-bond donors (Lipinski definition) is 1. The van der Waals surface area contributed by atoms with Crippen molar-refractivity contribution in [2.75, 3.05) is 26.8 Å². The van der Waals surface area contributed by atoms with Crippen LogP contribution in [-0.2, 0) is 24.4 Å². The number of urea groups is 1. The number of thiophene rings is 1. The van der Waals surface area contributed by atoms with E-state index in [-0.39, 0.29) is 22.7 Å². The summed E-state index contributed by atoms with van der Waals surface area (Å²) in [5.74, 6) is 0. The Morgan fingerprint density at radius 2 is 1.89 bits per heavy atom. The van der Waals surface area contributed by atoms with Gasteiger partial charge in [0.15, 0.2) is 0 Å². The first-order chi connectivity index (χ1) is 13.1. The Labute approximate surface area is 167 Å². The molecule has 1 fully saturated rings. The van der Waals surface area contributed by atoms with Gasteiger partial charge in [-0.1, -0.05) is 20.8 Å². The number of carbonyl (C=O) groups excluding carboxylic acids is 1. The van der Waals surface area contributed by atoms with E-state index in [0.717, 1.165) is 10.4 Å². The lowest BCUT2D eigenvalue weighted by Crippen LogP contribution is -2.42. The molecule has 0 unspecified atom stereocenters. The maximum Gasteiger partial charge on any atom is 0.332 e. The summed E-state index contributed by atoms with van der Waals surface area (Å²) in [6, 6.07) is -0.0984. The van der Waals surface area contributed by atoms with Crippen molar-refractivity contribution in [1.82, 2.24) is 19.4 Å². The van der Waals surface area contributed by atoms with E-state index < -0.39 is 0 Å². The summed E-state index contributed by atoms with van der Waals surface area (Å²) >= 11 is 1.42. The highest BCUT2D eigenvalue weighted by molar-refractivity contribution is 7.18. The molecule has 2 amide bonds. The average molecular weight is 409 g/mol. The Kier molecular flexibility index (Phi) is 5.67. The molecule has 8 nitrogen and oxygen atoms in total. The minimum atomic E-state index is -0.309. The number of nitrogens with zero attached hydrogens (tertiary/aromatic N) is 3. The third kappa shape index (κ3) is 3.86. The van der Waals surface area contributed by atoms with E-state index in [1.54, 1.807) is 16.6 Å². The number of rotatable bonds is 6. The fourth-order valence-electron chi connectivity index (χ4n) is 3.42. The lowest BCUT2D eigenvalue weighted by atomic mass is 9.97. The first-order valence-corrected chi connectivity index (χ1v) is 10.2. The van der Waals surface area contributed by atoms with Gasteiger partial charge in [-0.05, 0) is 17.9 Å². The van der Waals surface area contributed by atoms with Crippen LogP contribution >= 0.6 is 11.3 Å². The normalized spacial score (nSPS) is 14.9. The number of fused-ring (bicyclic) bond motifs is 1. The second-order valence-electron chi connectivity index (χ2n) is 8.36. The molecule has 1 aliphatic rings. The molecule has 1 aliphatic heterocycles. The lowest BCUT2D eigenvalue weighted by molar-refractivity contribution is 0.186. The summed E-state index contributed by atoms with van der Waals surface area (Å²) in [6.07, 6.45) is 0. The summed E-state index contributed by atoms with van der Waals surface area (Å²) in [4.78, 5) is 41.6. The minimum absolute atomic E-state index is 0.0984. The molecule has 0 spiro atoms. The van der Waals surface area contributed by atoms with Crippen LogP contribution in [0.25, 0.3) is 10.2 Å². The largest absolute Gasteiger partial charge is 0.383 e. The number of nitrogens with one attached hydrogen (secondary N) is 1. The predicted molar refractivity (Wildman–Crippen MR) is 110 cm³/mol. The first-order valence-electron chi connectivity index (χ1n) is 9.41. The number of aryl methyl sites for hydroxylation is 1. The van der Waals surface area contributed by atoms with E-state index in [9.17, 15) is 14.4 Å². The van der Waals surface area contributed by atoms with E-state index in [2.05, 4.69) is 5.32 Å². The zero-order chi connectivity index (χ0) is 20.6. The molecule has 154 valence electrons. The molecule has 1 saturated heterocycles. The number of carbonyl (C=O) groups is 1.